The van der Waals surface area contributed by atoms with Gasteiger partial charge in [0, 0.05) is 31.3 Å². The molecule has 1 atom stereocenters. The fourth-order valence-corrected chi connectivity index (χ4v) is 1.81. The van der Waals surface area contributed by atoms with Gasteiger partial charge in [-0.2, -0.15) is 5.10 Å². The molecule has 16 heavy (non-hydrogen) atoms. The third kappa shape index (κ3) is 2.52. The molecule has 0 bridgehead atoms. The molecule has 0 aliphatic carbocycles. The molecule has 0 saturated carbocycles. The minimum Gasteiger partial charge on any atom is -0.472 e. The van der Waals surface area contributed by atoms with E-state index < -0.39 is 0 Å². The number of nitrogens with zero attached hydrogens (tertiary/aromatic N) is 2. The Labute approximate surface area is 95.3 Å². The topological polar surface area (TPSA) is 43.0 Å². The van der Waals surface area contributed by atoms with E-state index in [1.165, 1.54) is 5.56 Å². The number of hydrogen-bond acceptors (Lipinski definition) is 3. The van der Waals surface area contributed by atoms with Gasteiger partial charge in [0.2, 0.25) is 0 Å². The summed E-state index contributed by atoms with van der Waals surface area (Å²) in [5.41, 5.74) is 2.27. The van der Waals surface area contributed by atoms with Crippen molar-refractivity contribution >= 4 is 0 Å². The summed E-state index contributed by atoms with van der Waals surface area (Å²) in [6.07, 6.45) is 6.34. The van der Waals surface area contributed by atoms with E-state index in [9.17, 15) is 0 Å². The summed E-state index contributed by atoms with van der Waals surface area (Å²) < 4.78 is 6.95. The third-order valence-corrected chi connectivity index (χ3v) is 2.58. The number of aromatic nitrogens is 2. The van der Waals surface area contributed by atoms with Crippen LogP contribution in [0.15, 0.2) is 35.3 Å². The van der Waals surface area contributed by atoms with Gasteiger partial charge in [-0.15, -0.1) is 0 Å². The zero-order valence-corrected chi connectivity index (χ0v) is 9.68. The first kappa shape index (κ1) is 11.0. The lowest BCUT2D eigenvalue weighted by Crippen LogP contribution is -2.22. The van der Waals surface area contributed by atoms with Crippen molar-refractivity contribution in [2.24, 2.45) is 7.05 Å². The van der Waals surface area contributed by atoms with Gasteiger partial charge < -0.3 is 9.73 Å². The Kier molecular flexibility index (Phi) is 3.41. The number of nitrogens with one attached hydrogen (secondary N) is 1. The Morgan fingerprint density at radius 3 is 2.94 bits per heavy atom. The molecule has 2 rings (SSSR count). The van der Waals surface area contributed by atoms with Crippen LogP contribution in [0.3, 0.4) is 0 Å². The van der Waals surface area contributed by atoms with Gasteiger partial charge >= 0.3 is 0 Å². The summed E-state index contributed by atoms with van der Waals surface area (Å²) in [6, 6.07) is 4.32. The summed E-state index contributed by atoms with van der Waals surface area (Å²) in [4.78, 5) is 0. The zero-order chi connectivity index (χ0) is 11.4. The fraction of sp³-hybridized carbons (Fsp3) is 0.417. The van der Waals surface area contributed by atoms with E-state index in [-0.39, 0.29) is 6.04 Å². The predicted octanol–water partition coefficient (Wildman–Crippen LogP) is 1.91. The van der Waals surface area contributed by atoms with Crippen molar-refractivity contribution in [1.29, 1.82) is 0 Å². The van der Waals surface area contributed by atoms with Gasteiger partial charge in [-0.25, -0.2) is 0 Å². The predicted molar refractivity (Wildman–Crippen MR) is 62.0 cm³/mol. The molecule has 0 amide bonds. The van der Waals surface area contributed by atoms with Crippen LogP contribution < -0.4 is 5.32 Å². The Balaban J connectivity index is 2.09. The smallest absolute Gasteiger partial charge is 0.0950 e. The van der Waals surface area contributed by atoms with E-state index in [4.69, 9.17) is 4.42 Å². The van der Waals surface area contributed by atoms with Crippen molar-refractivity contribution in [2.45, 2.75) is 19.4 Å². The minimum atomic E-state index is 0.277. The van der Waals surface area contributed by atoms with Crippen LogP contribution in [-0.4, -0.2) is 16.3 Å². The van der Waals surface area contributed by atoms with E-state index in [1.54, 1.807) is 12.5 Å². The second-order valence-corrected chi connectivity index (χ2v) is 3.85. The van der Waals surface area contributed by atoms with Crippen LogP contribution in [0.5, 0.6) is 0 Å². The molecule has 0 aromatic carbocycles. The Morgan fingerprint density at radius 2 is 2.38 bits per heavy atom. The molecule has 0 spiro atoms. The highest BCUT2D eigenvalue weighted by molar-refractivity contribution is 5.15. The third-order valence-electron chi connectivity index (χ3n) is 2.58. The molecule has 0 radical (unpaired) electrons. The molecule has 86 valence electrons. The van der Waals surface area contributed by atoms with Crippen molar-refractivity contribution in [3.05, 3.63) is 42.1 Å². The van der Waals surface area contributed by atoms with Gasteiger partial charge in [0.15, 0.2) is 0 Å². The first-order chi connectivity index (χ1) is 7.79. The lowest BCUT2D eigenvalue weighted by atomic mass is 10.1. The molecule has 4 heteroatoms. The van der Waals surface area contributed by atoms with Gasteiger partial charge in [0.05, 0.1) is 18.2 Å². The molecule has 1 N–H and O–H groups in total. The zero-order valence-electron chi connectivity index (χ0n) is 9.68. The summed E-state index contributed by atoms with van der Waals surface area (Å²) in [7, 11) is 1.93. The van der Waals surface area contributed by atoms with Crippen LogP contribution in [0.4, 0.5) is 0 Å². The highest BCUT2D eigenvalue weighted by Crippen LogP contribution is 2.17. The largest absolute Gasteiger partial charge is 0.472 e. The van der Waals surface area contributed by atoms with Crippen LogP contribution in [0.1, 0.15) is 24.2 Å². The van der Waals surface area contributed by atoms with Crippen molar-refractivity contribution in [3.63, 3.8) is 0 Å². The Hall–Kier alpha value is -1.55. The van der Waals surface area contributed by atoms with E-state index in [1.807, 2.05) is 30.1 Å². The molecule has 0 fully saturated rings. The standard InChI is InChI=1S/C12H17N3O/c1-3-13-12(10-5-7-16-9-10)8-11-4-6-15(2)14-11/h4-7,9,12-13H,3,8H2,1-2H3. The SMILES string of the molecule is CCNC(Cc1ccn(C)n1)c1ccoc1. The molecule has 1 unspecified atom stereocenters. The summed E-state index contributed by atoms with van der Waals surface area (Å²) in [6.45, 7) is 3.04. The number of likely N-dealkylation sites (N-methyl/N-ethyl adjacent to an activating group) is 1. The van der Waals surface area contributed by atoms with Gasteiger partial charge in [-0.1, -0.05) is 6.92 Å². The molecule has 0 aliphatic heterocycles. The van der Waals surface area contributed by atoms with Gasteiger partial charge in [0.25, 0.3) is 0 Å². The van der Waals surface area contributed by atoms with E-state index in [0.717, 1.165) is 18.7 Å². The van der Waals surface area contributed by atoms with Gasteiger partial charge in [-0.3, -0.25) is 4.68 Å². The lowest BCUT2D eigenvalue weighted by molar-refractivity contribution is 0.519. The molecule has 4 nitrogen and oxygen atoms in total. The Bertz CT molecular complexity index is 419. The maximum Gasteiger partial charge on any atom is 0.0950 e. The highest BCUT2D eigenvalue weighted by atomic mass is 16.3. The molecule has 0 aliphatic rings. The number of rotatable bonds is 5. The van der Waals surface area contributed by atoms with Crippen molar-refractivity contribution in [3.8, 4) is 0 Å². The van der Waals surface area contributed by atoms with Crippen LogP contribution in [0, 0.1) is 0 Å². The first-order valence-corrected chi connectivity index (χ1v) is 5.53. The average molecular weight is 219 g/mol. The number of furan rings is 1. The maximum absolute atomic E-state index is 5.12. The fourth-order valence-electron chi connectivity index (χ4n) is 1.81. The quantitative estimate of drug-likeness (QED) is 0.835. The monoisotopic (exact) mass is 219 g/mol. The Morgan fingerprint density at radius 1 is 1.50 bits per heavy atom. The first-order valence-electron chi connectivity index (χ1n) is 5.53. The number of aryl methyl sites for hydroxylation is 1. The summed E-state index contributed by atoms with van der Waals surface area (Å²) >= 11 is 0. The summed E-state index contributed by atoms with van der Waals surface area (Å²) in [5, 5.41) is 7.82. The molecule has 2 heterocycles. The van der Waals surface area contributed by atoms with Crippen molar-refractivity contribution in [1.82, 2.24) is 15.1 Å². The van der Waals surface area contributed by atoms with Crippen LogP contribution in [0.25, 0.3) is 0 Å². The van der Waals surface area contributed by atoms with Crippen LogP contribution in [0.2, 0.25) is 0 Å². The molecule has 2 aromatic heterocycles. The van der Waals surface area contributed by atoms with Crippen molar-refractivity contribution < 1.29 is 4.42 Å². The molecule has 0 saturated heterocycles. The normalized spacial score (nSPS) is 12.9. The molecule has 2 aromatic rings. The van der Waals surface area contributed by atoms with E-state index in [2.05, 4.69) is 17.3 Å². The van der Waals surface area contributed by atoms with Crippen LogP contribution in [-0.2, 0) is 13.5 Å². The summed E-state index contributed by atoms with van der Waals surface area (Å²) in [5.74, 6) is 0. The van der Waals surface area contributed by atoms with Crippen molar-refractivity contribution in [2.75, 3.05) is 6.54 Å². The molecular weight excluding hydrogens is 202 g/mol. The van der Waals surface area contributed by atoms with Crippen LogP contribution >= 0.6 is 0 Å². The highest BCUT2D eigenvalue weighted by Gasteiger charge is 2.13. The van der Waals surface area contributed by atoms with E-state index in [0.29, 0.717) is 0 Å². The lowest BCUT2D eigenvalue weighted by Gasteiger charge is -2.14. The molecular formula is C12H17N3O. The second kappa shape index (κ2) is 4.99. The minimum absolute atomic E-state index is 0.277. The van der Waals surface area contributed by atoms with Gasteiger partial charge in [0.1, 0.15) is 0 Å². The maximum atomic E-state index is 5.12. The number of hydrogen-bond donors (Lipinski definition) is 1. The average Bonchev–Trinajstić information content (AvgIpc) is 2.88. The van der Waals surface area contributed by atoms with Gasteiger partial charge in [-0.05, 0) is 18.7 Å². The van der Waals surface area contributed by atoms with E-state index >= 15 is 0 Å². The second-order valence-electron chi connectivity index (χ2n) is 3.85.